The number of halogens is 1. The molecular weight excluding hydrogens is 324 g/mol. The van der Waals surface area contributed by atoms with E-state index in [-0.39, 0.29) is 16.7 Å². The van der Waals surface area contributed by atoms with Crippen molar-refractivity contribution in [1.82, 2.24) is 15.0 Å². The van der Waals surface area contributed by atoms with Gasteiger partial charge in [-0.05, 0) is 25.5 Å². The topological polar surface area (TPSA) is 87.7 Å². The van der Waals surface area contributed by atoms with Gasteiger partial charge in [0, 0.05) is 18.0 Å². The molecule has 0 fully saturated rings. The van der Waals surface area contributed by atoms with Crippen LogP contribution in [0.3, 0.4) is 0 Å². The predicted octanol–water partition coefficient (Wildman–Crippen LogP) is 2.64. The minimum absolute atomic E-state index is 0.202. The standard InChI is InChI=1S/C14H15ClN4O2S/c1-3-10(22-14-17-8(2)6-12(20)19-14)13(21)18-11-5-4-9(15)7-16-11/h4-7,10H,3H2,1-2H3,(H,16,18,21)(H,17,19,20)/t10-/m0/s1. The van der Waals surface area contributed by atoms with Crippen LogP contribution in [0.1, 0.15) is 19.0 Å². The van der Waals surface area contributed by atoms with E-state index < -0.39 is 0 Å². The maximum atomic E-state index is 12.3. The zero-order chi connectivity index (χ0) is 16.1. The quantitative estimate of drug-likeness (QED) is 0.646. The van der Waals surface area contributed by atoms with Crippen molar-refractivity contribution in [3.05, 3.63) is 45.5 Å². The molecule has 0 bridgehead atoms. The van der Waals surface area contributed by atoms with Crippen LogP contribution >= 0.6 is 23.4 Å². The van der Waals surface area contributed by atoms with Gasteiger partial charge in [0.25, 0.3) is 5.56 Å². The molecule has 1 amide bonds. The summed E-state index contributed by atoms with van der Waals surface area (Å²) in [7, 11) is 0. The Bertz CT molecular complexity index is 718. The summed E-state index contributed by atoms with van der Waals surface area (Å²) in [6.45, 7) is 3.62. The third-order valence-corrected chi connectivity index (χ3v) is 4.22. The Morgan fingerprint density at radius 3 is 2.86 bits per heavy atom. The van der Waals surface area contributed by atoms with Gasteiger partial charge in [-0.25, -0.2) is 9.97 Å². The van der Waals surface area contributed by atoms with Crippen molar-refractivity contribution < 1.29 is 4.79 Å². The fourth-order valence-electron chi connectivity index (χ4n) is 1.72. The second kappa shape index (κ2) is 7.42. The van der Waals surface area contributed by atoms with Crippen LogP contribution in [-0.4, -0.2) is 26.1 Å². The van der Waals surface area contributed by atoms with Crippen molar-refractivity contribution in [2.45, 2.75) is 30.7 Å². The van der Waals surface area contributed by atoms with Gasteiger partial charge < -0.3 is 10.3 Å². The Morgan fingerprint density at radius 1 is 1.50 bits per heavy atom. The molecule has 8 heteroatoms. The lowest BCUT2D eigenvalue weighted by atomic mass is 10.3. The lowest BCUT2D eigenvalue weighted by Crippen LogP contribution is -2.25. The number of hydrogen-bond acceptors (Lipinski definition) is 5. The smallest absolute Gasteiger partial charge is 0.251 e. The van der Waals surface area contributed by atoms with Crippen molar-refractivity contribution in [3.63, 3.8) is 0 Å². The summed E-state index contributed by atoms with van der Waals surface area (Å²) >= 11 is 6.97. The van der Waals surface area contributed by atoms with Crippen LogP contribution in [0.4, 0.5) is 5.82 Å². The maximum absolute atomic E-state index is 12.3. The molecule has 2 N–H and O–H groups in total. The van der Waals surface area contributed by atoms with Crippen molar-refractivity contribution in [2.24, 2.45) is 0 Å². The number of hydrogen-bond donors (Lipinski definition) is 2. The van der Waals surface area contributed by atoms with Gasteiger partial charge in [-0.2, -0.15) is 0 Å². The molecule has 0 aliphatic heterocycles. The number of carbonyl (C=O) groups excluding carboxylic acids is 1. The van der Waals surface area contributed by atoms with Gasteiger partial charge in [-0.1, -0.05) is 30.3 Å². The Hall–Kier alpha value is -1.86. The minimum Gasteiger partial charge on any atom is -0.310 e. The normalized spacial score (nSPS) is 12.0. The van der Waals surface area contributed by atoms with E-state index >= 15 is 0 Å². The third-order valence-electron chi connectivity index (χ3n) is 2.74. The van der Waals surface area contributed by atoms with E-state index in [0.29, 0.717) is 28.1 Å². The number of nitrogens with one attached hydrogen (secondary N) is 2. The second-order valence-electron chi connectivity index (χ2n) is 4.56. The first-order valence-electron chi connectivity index (χ1n) is 6.65. The second-order valence-corrected chi connectivity index (χ2v) is 6.19. The van der Waals surface area contributed by atoms with Crippen LogP contribution in [0.5, 0.6) is 0 Å². The van der Waals surface area contributed by atoms with Gasteiger partial charge in [-0.15, -0.1) is 0 Å². The van der Waals surface area contributed by atoms with Crippen molar-refractivity contribution in [1.29, 1.82) is 0 Å². The molecular formula is C14H15ClN4O2S. The first-order valence-corrected chi connectivity index (χ1v) is 7.90. The number of carbonyl (C=O) groups is 1. The number of rotatable bonds is 5. The van der Waals surface area contributed by atoms with Crippen LogP contribution in [0.15, 0.2) is 34.3 Å². The van der Waals surface area contributed by atoms with Gasteiger partial charge >= 0.3 is 0 Å². The average molecular weight is 339 g/mol. The lowest BCUT2D eigenvalue weighted by Gasteiger charge is -2.13. The molecule has 116 valence electrons. The number of thioether (sulfide) groups is 1. The molecule has 2 aromatic rings. The lowest BCUT2D eigenvalue weighted by molar-refractivity contribution is -0.115. The van der Waals surface area contributed by atoms with E-state index in [1.807, 2.05) is 6.92 Å². The zero-order valence-corrected chi connectivity index (χ0v) is 13.7. The molecule has 2 heterocycles. The largest absolute Gasteiger partial charge is 0.310 e. The molecule has 2 aromatic heterocycles. The number of nitrogens with zero attached hydrogens (tertiary/aromatic N) is 2. The molecule has 0 aliphatic carbocycles. The van der Waals surface area contributed by atoms with Crippen LogP contribution in [-0.2, 0) is 4.79 Å². The molecule has 0 aliphatic rings. The van der Waals surface area contributed by atoms with E-state index in [4.69, 9.17) is 11.6 Å². The summed E-state index contributed by atoms with van der Waals surface area (Å²) in [5.41, 5.74) is 0.380. The molecule has 0 radical (unpaired) electrons. The highest BCUT2D eigenvalue weighted by atomic mass is 35.5. The van der Waals surface area contributed by atoms with Gasteiger partial charge in [0.05, 0.1) is 10.3 Å². The highest BCUT2D eigenvalue weighted by Crippen LogP contribution is 2.22. The molecule has 0 saturated carbocycles. The van der Waals surface area contributed by atoms with Crippen molar-refractivity contribution in [2.75, 3.05) is 5.32 Å². The van der Waals surface area contributed by atoms with Crippen LogP contribution < -0.4 is 10.9 Å². The highest BCUT2D eigenvalue weighted by molar-refractivity contribution is 8.00. The monoisotopic (exact) mass is 338 g/mol. The summed E-state index contributed by atoms with van der Waals surface area (Å²) in [6.07, 6.45) is 2.05. The fraction of sp³-hybridized carbons (Fsp3) is 0.286. The first-order chi connectivity index (χ1) is 10.5. The van der Waals surface area contributed by atoms with Crippen molar-refractivity contribution in [3.8, 4) is 0 Å². The van der Waals surface area contributed by atoms with E-state index in [1.165, 1.54) is 24.0 Å². The Labute approximate surface area is 136 Å². The highest BCUT2D eigenvalue weighted by Gasteiger charge is 2.19. The number of anilines is 1. The van der Waals surface area contributed by atoms with E-state index in [2.05, 4.69) is 20.3 Å². The van der Waals surface area contributed by atoms with Gasteiger partial charge in [0.15, 0.2) is 5.16 Å². The van der Waals surface area contributed by atoms with E-state index in [1.54, 1.807) is 19.1 Å². The molecule has 1 atom stereocenters. The van der Waals surface area contributed by atoms with E-state index in [9.17, 15) is 9.59 Å². The predicted molar refractivity (Wildman–Crippen MR) is 87.4 cm³/mol. The Morgan fingerprint density at radius 2 is 2.27 bits per heavy atom. The summed E-state index contributed by atoms with van der Waals surface area (Å²) in [4.78, 5) is 34.6. The maximum Gasteiger partial charge on any atom is 0.251 e. The summed E-state index contributed by atoms with van der Waals surface area (Å²) in [5.74, 6) is 0.227. The van der Waals surface area contributed by atoms with Gasteiger partial charge in [0.2, 0.25) is 5.91 Å². The number of aryl methyl sites for hydroxylation is 1. The Balaban J connectivity index is 2.08. The van der Waals surface area contributed by atoms with Crippen molar-refractivity contribution >= 4 is 35.1 Å². The number of aromatic amines is 1. The van der Waals surface area contributed by atoms with Crippen LogP contribution in [0.2, 0.25) is 5.02 Å². The average Bonchev–Trinajstić information content (AvgIpc) is 2.46. The molecule has 6 nitrogen and oxygen atoms in total. The minimum atomic E-state index is -0.387. The molecule has 0 unspecified atom stereocenters. The SMILES string of the molecule is CC[C@H](Sc1nc(C)cc(=O)[nH]1)C(=O)Nc1ccc(Cl)cn1. The van der Waals surface area contributed by atoms with Crippen LogP contribution in [0.25, 0.3) is 0 Å². The summed E-state index contributed by atoms with van der Waals surface area (Å²) < 4.78 is 0. The molecule has 0 aromatic carbocycles. The van der Waals surface area contributed by atoms with Gasteiger partial charge in [-0.3, -0.25) is 9.59 Å². The van der Waals surface area contributed by atoms with Crippen LogP contribution in [0, 0.1) is 6.92 Å². The number of pyridine rings is 1. The van der Waals surface area contributed by atoms with Gasteiger partial charge in [0.1, 0.15) is 5.82 Å². The third kappa shape index (κ3) is 4.57. The molecule has 2 rings (SSSR count). The zero-order valence-electron chi connectivity index (χ0n) is 12.1. The fourth-order valence-corrected chi connectivity index (χ4v) is 2.79. The number of amides is 1. The molecule has 0 saturated heterocycles. The summed E-state index contributed by atoms with van der Waals surface area (Å²) in [5, 5.41) is 3.26. The number of H-pyrrole nitrogens is 1. The number of aromatic nitrogens is 3. The van der Waals surface area contributed by atoms with E-state index in [0.717, 1.165) is 0 Å². The first kappa shape index (κ1) is 16.5. The molecule has 0 spiro atoms. The Kier molecular flexibility index (Phi) is 5.57. The summed E-state index contributed by atoms with van der Waals surface area (Å²) in [6, 6.07) is 4.69. The molecule has 22 heavy (non-hydrogen) atoms.